The number of aromatic nitrogens is 1. The van der Waals surface area contributed by atoms with Crippen LogP contribution in [0.25, 0.3) is 65.8 Å². The largest absolute Gasteiger partial charge is 0.256 e. The molecule has 0 atom stereocenters. The summed E-state index contributed by atoms with van der Waals surface area (Å²) in [6.45, 7) is 0. The van der Waals surface area contributed by atoms with Crippen LogP contribution in [0.5, 0.6) is 0 Å². The Bertz CT molecular complexity index is 1870. The molecule has 0 spiro atoms. The van der Waals surface area contributed by atoms with Crippen molar-refractivity contribution in [2.75, 3.05) is 0 Å². The number of pyridine rings is 1. The molecule has 0 aliphatic carbocycles. The maximum atomic E-state index is 4.52. The minimum atomic E-state index is 1.000. The van der Waals surface area contributed by atoms with Crippen LogP contribution in [0.4, 0.5) is 0 Å². The molecule has 0 saturated heterocycles. The van der Waals surface area contributed by atoms with Gasteiger partial charge in [-0.15, -0.1) is 0 Å². The molecule has 0 unspecified atom stereocenters. The van der Waals surface area contributed by atoms with E-state index in [1.807, 2.05) is 18.3 Å². The van der Waals surface area contributed by atoms with Gasteiger partial charge in [0.2, 0.25) is 0 Å². The van der Waals surface area contributed by atoms with E-state index in [-0.39, 0.29) is 0 Å². The lowest BCUT2D eigenvalue weighted by Crippen LogP contribution is -1.88. The number of hydrogen-bond donors (Lipinski definition) is 0. The Balaban J connectivity index is 1.40. The minimum absolute atomic E-state index is 1.000. The zero-order valence-electron chi connectivity index (χ0n) is 19.7. The van der Waals surface area contributed by atoms with Crippen molar-refractivity contribution in [3.63, 3.8) is 0 Å². The summed E-state index contributed by atoms with van der Waals surface area (Å²) in [5.74, 6) is 0. The van der Waals surface area contributed by atoms with Gasteiger partial charge >= 0.3 is 0 Å². The summed E-state index contributed by atoms with van der Waals surface area (Å²) in [6, 6.07) is 48.0. The maximum absolute atomic E-state index is 4.52. The standard InChI is InChI=1S/C35H23N/c1-2-8-24(9-3-1)33-22-25-10-4-5-11-26(25)23-34(33)29-15-17-31-27(20-29)13-14-28-21-30(16-18-32(28)31)35-12-6-7-19-36-35/h1-23H. The van der Waals surface area contributed by atoms with Crippen LogP contribution in [0.15, 0.2) is 140 Å². The van der Waals surface area contributed by atoms with Crippen molar-refractivity contribution in [1.29, 1.82) is 0 Å². The molecule has 0 bridgehead atoms. The molecule has 0 N–H and O–H groups in total. The van der Waals surface area contributed by atoms with E-state index in [0.29, 0.717) is 0 Å². The van der Waals surface area contributed by atoms with Crippen LogP contribution >= 0.6 is 0 Å². The SMILES string of the molecule is c1ccc(-c2cc3ccccc3cc2-c2ccc3c(ccc4cc(-c5ccccn5)ccc43)c2)cc1. The maximum Gasteiger partial charge on any atom is 0.0702 e. The van der Waals surface area contributed by atoms with E-state index in [9.17, 15) is 0 Å². The zero-order chi connectivity index (χ0) is 23.9. The van der Waals surface area contributed by atoms with Gasteiger partial charge in [0.05, 0.1) is 5.69 Å². The van der Waals surface area contributed by atoms with Gasteiger partial charge in [-0.3, -0.25) is 4.98 Å². The zero-order valence-corrected chi connectivity index (χ0v) is 19.7. The summed E-state index contributed by atoms with van der Waals surface area (Å²) in [5.41, 5.74) is 7.12. The highest BCUT2D eigenvalue weighted by atomic mass is 14.7. The molecule has 0 fully saturated rings. The number of fused-ring (bicyclic) bond motifs is 4. The van der Waals surface area contributed by atoms with Gasteiger partial charge in [-0.25, -0.2) is 0 Å². The lowest BCUT2D eigenvalue weighted by molar-refractivity contribution is 1.33. The van der Waals surface area contributed by atoms with Crippen molar-refractivity contribution >= 4 is 32.3 Å². The first-order chi connectivity index (χ1) is 17.8. The second-order valence-electron chi connectivity index (χ2n) is 9.26. The average molecular weight is 458 g/mol. The smallest absolute Gasteiger partial charge is 0.0702 e. The summed E-state index contributed by atoms with van der Waals surface area (Å²) in [4.78, 5) is 4.52. The fourth-order valence-corrected chi connectivity index (χ4v) is 5.27. The van der Waals surface area contributed by atoms with E-state index < -0.39 is 0 Å². The molecule has 0 amide bonds. The number of rotatable bonds is 3. The fourth-order valence-electron chi connectivity index (χ4n) is 5.27. The molecule has 7 rings (SSSR count). The third-order valence-electron chi connectivity index (χ3n) is 7.08. The summed E-state index contributed by atoms with van der Waals surface area (Å²) in [7, 11) is 0. The summed E-state index contributed by atoms with van der Waals surface area (Å²) in [5, 5.41) is 7.53. The second kappa shape index (κ2) is 8.48. The van der Waals surface area contributed by atoms with Crippen LogP contribution in [0.1, 0.15) is 0 Å². The summed E-state index contributed by atoms with van der Waals surface area (Å²) < 4.78 is 0. The Hall–Kier alpha value is -4.75. The Labute approximate surface area is 210 Å². The third kappa shape index (κ3) is 3.54. The van der Waals surface area contributed by atoms with Crippen LogP contribution in [0, 0.1) is 0 Å². The molecular weight excluding hydrogens is 434 g/mol. The molecule has 36 heavy (non-hydrogen) atoms. The molecule has 0 aliphatic heterocycles. The third-order valence-corrected chi connectivity index (χ3v) is 7.08. The quantitative estimate of drug-likeness (QED) is 0.241. The van der Waals surface area contributed by atoms with Crippen molar-refractivity contribution < 1.29 is 0 Å². The highest BCUT2D eigenvalue weighted by Crippen LogP contribution is 2.38. The predicted molar refractivity (Wildman–Crippen MR) is 153 cm³/mol. The van der Waals surface area contributed by atoms with Gasteiger partial charge in [-0.1, -0.05) is 97.1 Å². The lowest BCUT2D eigenvalue weighted by atomic mass is 9.90. The van der Waals surface area contributed by atoms with Crippen LogP contribution in [-0.2, 0) is 0 Å². The molecule has 0 saturated carbocycles. The molecule has 0 radical (unpaired) electrons. The van der Waals surface area contributed by atoms with E-state index in [1.165, 1.54) is 54.6 Å². The van der Waals surface area contributed by atoms with Gasteiger partial charge in [-0.2, -0.15) is 0 Å². The topological polar surface area (TPSA) is 12.9 Å². The van der Waals surface area contributed by atoms with Crippen LogP contribution in [-0.4, -0.2) is 4.98 Å². The highest BCUT2D eigenvalue weighted by Gasteiger charge is 2.11. The second-order valence-corrected chi connectivity index (χ2v) is 9.26. The van der Waals surface area contributed by atoms with Gasteiger partial charge < -0.3 is 0 Å². The number of hydrogen-bond acceptors (Lipinski definition) is 1. The average Bonchev–Trinajstić information content (AvgIpc) is 2.96. The molecule has 1 heterocycles. The van der Waals surface area contributed by atoms with Gasteiger partial charge in [0, 0.05) is 11.8 Å². The first-order valence-electron chi connectivity index (χ1n) is 12.3. The molecule has 7 aromatic rings. The molecule has 1 aromatic heterocycles. The van der Waals surface area contributed by atoms with E-state index in [4.69, 9.17) is 0 Å². The number of nitrogens with zero attached hydrogens (tertiary/aromatic N) is 1. The molecular formula is C35H23N. The molecule has 0 aliphatic rings. The molecule has 1 heteroatoms. The van der Waals surface area contributed by atoms with Gasteiger partial charge in [0.15, 0.2) is 0 Å². The van der Waals surface area contributed by atoms with E-state index >= 15 is 0 Å². The first kappa shape index (κ1) is 20.6. The van der Waals surface area contributed by atoms with E-state index in [2.05, 4.69) is 126 Å². The lowest BCUT2D eigenvalue weighted by Gasteiger charge is -2.14. The molecule has 1 nitrogen and oxygen atoms in total. The van der Waals surface area contributed by atoms with Crippen LogP contribution in [0.3, 0.4) is 0 Å². The normalized spacial score (nSPS) is 11.3. The van der Waals surface area contributed by atoms with Crippen molar-refractivity contribution in [2.24, 2.45) is 0 Å². The van der Waals surface area contributed by atoms with Crippen molar-refractivity contribution in [3.8, 4) is 33.5 Å². The van der Waals surface area contributed by atoms with Gasteiger partial charge in [0.25, 0.3) is 0 Å². The Morgan fingerprint density at radius 2 is 0.944 bits per heavy atom. The predicted octanol–water partition coefficient (Wildman–Crippen LogP) is 9.54. The number of benzene rings is 6. The van der Waals surface area contributed by atoms with Gasteiger partial charge in [-0.05, 0) is 91.0 Å². The van der Waals surface area contributed by atoms with Crippen molar-refractivity contribution in [3.05, 3.63) is 140 Å². The van der Waals surface area contributed by atoms with E-state index in [0.717, 1.165) is 11.3 Å². The van der Waals surface area contributed by atoms with Crippen molar-refractivity contribution in [1.82, 2.24) is 4.98 Å². The summed E-state index contributed by atoms with van der Waals surface area (Å²) >= 11 is 0. The van der Waals surface area contributed by atoms with Crippen molar-refractivity contribution in [2.45, 2.75) is 0 Å². The van der Waals surface area contributed by atoms with Crippen LogP contribution in [0.2, 0.25) is 0 Å². The molecule has 6 aromatic carbocycles. The fraction of sp³-hybridized carbons (Fsp3) is 0. The highest BCUT2D eigenvalue weighted by molar-refractivity contribution is 6.10. The Kier molecular flexibility index (Phi) is 4.85. The van der Waals surface area contributed by atoms with Gasteiger partial charge in [0.1, 0.15) is 0 Å². The monoisotopic (exact) mass is 457 g/mol. The Morgan fingerprint density at radius 1 is 0.361 bits per heavy atom. The first-order valence-corrected chi connectivity index (χ1v) is 12.3. The Morgan fingerprint density at radius 3 is 1.61 bits per heavy atom. The van der Waals surface area contributed by atoms with Crippen LogP contribution < -0.4 is 0 Å². The minimum Gasteiger partial charge on any atom is -0.256 e. The molecule has 168 valence electrons. The van der Waals surface area contributed by atoms with E-state index in [1.54, 1.807) is 0 Å². The summed E-state index contributed by atoms with van der Waals surface area (Å²) in [6.07, 6.45) is 1.85.